The number of aromatic nitrogens is 2. The van der Waals surface area contributed by atoms with Crippen molar-refractivity contribution in [1.29, 1.82) is 5.26 Å². The van der Waals surface area contributed by atoms with Gasteiger partial charge in [-0.1, -0.05) is 25.7 Å². The van der Waals surface area contributed by atoms with Gasteiger partial charge < -0.3 is 4.90 Å². The molecule has 0 unspecified atom stereocenters. The minimum atomic E-state index is 0.378. The molecule has 90 valence electrons. The van der Waals surface area contributed by atoms with Crippen molar-refractivity contribution in [3.63, 3.8) is 0 Å². The molecule has 1 saturated carbocycles. The van der Waals surface area contributed by atoms with Crippen LogP contribution in [0.15, 0.2) is 12.1 Å². The molecule has 17 heavy (non-hydrogen) atoms. The lowest BCUT2D eigenvalue weighted by molar-refractivity contribution is 0.547. The Morgan fingerprint density at radius 2 is 1.88 bits per heavy atom. The third-order valence-electron chi connectivity index (χ3n) is 3.50. The second kappa shape index (κ2) is 5.62. The Bertz CT molecular complexity index is 385. The van der Waals surface area contributed by atoms with Crippen LogP contribution in [0.5, 0.6) is 0 Å². The van der Waals surface area contributed by atoms with Gasteiger partial charge >= 0.3 is 0 Å². The molecule has 0 N–H and O–H groups in total. The average molecular weight is 230 g/mol. The zero-order valence-electron chi connectivity index (χ0n) is 10.3. The summed E-state index contributed by atoms with van der Waals surface area (Å²) in [5, 5.41) is 16.7. The normalized spacial score (nSPS) is 17.2. The van der Waals surface area contributed by atoms with Crippen LogP contribution in [0, 0.1) is 11.3 Å². The third kappa shape index (κ3) is 2.94. The molecule has 0 spiro atoms. The molecule has 1 fully saturated rings. The van der Waals surface area contributed by atoms with E-state index in [4.69, 9.17) is 5.26 Å². The molecule has 1 aliphatic rings. The van der Waals surface area contributed by atoms with Gasteiger partial charge in [0.2, 0.25) is 0 Å². The number of anilines is 1. The van der Waals surface area contributed by atoms with Crippen LogP contribution in [0.25, 0.3) is 0 Å². The summed E-state index contributed by atoms with van der Waals surface area (Å²) in [6, 6.07) is 6.18. The van der Waals surface area contributed by atoms with Gasteiger partial charge in [-0.25, -0.2) is 0 Å². The fraction of sp³-hybridized carbons (Fsp3) is 0.615. The molecule has 0 aliphatic heterocycles. The van der Waals surface area contributed by atoms with Crippen molar-refractivity contribution in [3.8, 4) is 6.07 Å². The number of nitriles is 1. The van der Waals surface area contributed by atoms with E-state index in [1.807, 2.05) is 12.1 Å². The predicted octanol–water partition coefficient (Wildman–Crippen LogP) is 2.51. The quantitative estimate of drug-likeness (QED) is 0.732. The second-order valence-electron chi connectivity index (χ2n) is 4.64. The van der Waals surface area contributed by atoms with Crippen molar-refractivity contribution in [3.05, 3.63) is 17.8 Å². The molecule has 0 bridgehead atoms. The number of rotatable bonds is 2. The molecular formula is C13H18N4. The van der Waals surface area contributed by atoms with E-state index < -0.39 is 0 Å². The number of nitrogens with zero attached hydrogens (tertiary/aromatic N) is 4. The zero-order chi connectivity index (χ0) is 12.1. The summed E-state index contributed by atoms with van der Waals surface area (Å²) in [7, 11) is 2.08. The lowest BCUT2D eigenvalue weighted by Crippen LogP contribution is -2.31. The van der Waals surface area contributed by atoms with Gasteiger partial charge in [-0.2, -0.15) is 5.26 Å². The van der Waals surface area contributed by atoms with E-state index in [2.05, 4.69) is 22.1 Å². The molecule has 0 aromatic carbocycles. The molecule has 1 aromatic heterocycles. The Hall–Kier alpha value is -1.63. The van der Waals surface area contributed by atoms with Gasteiger partial charge in [-0.15, -0.1) is 10.2 Å². The van der Waals surface area contributed by atoms with Gasteiger partial charge in [-0.3, -0.25) is 0 Å². The average Bonchev–Trinajstić information content (AvgIpc) is 2.67. The Kier molecular flexibility index (Phi) is 3.92. The smallest absolute Gasteiger partial charge is 0.163 e. The summed E-state index contributed by atoms with van der Waals surface area (Å²) in [6.45, 7) is 0. The van der Waals surface area contributed by atoms with Gasteiger partial charge in [0.1, 0.15) is 6.07 Å². The highest BCUT2D eigenvalue weighted by molar-refractivity contribution is 5.39. The van der Waals surface area contributed by atoms with Crippen molar-refractivity contribution in [2.75, 3.05) is 11.9 Å². The molecule has 2 rings (SSSR count). The maximum absolute atomic E-state index is 8.69. The van der Waals surface area contributed by atoms with Crippen LogP contribution in [0.2, 0.25) is 0 Å². The van der Waals surface area contributed by atoms with Gasteiger partial charge in [-0.05, 0) is 25.0 Å². The van der Waals surface area contributed by atoms with Crippen LogP contribution in [-0.2, 0) is 0 Å². The Morgan fingerprint density at radius 3 is 2.41 bits per heavy atom. The molecule has 0 radical (unpaired) electrons. The first kappa shape index (κ1) is 11.8. The first-order valence-corrected chi connectivity index (χ1v) is 6.28. The summed E-state index contributed by atoms with van der Waals surface area (Å²) in [6.07, 6.45) is 7.78. The number of hydrogen-bond acceptors (Lipinski definition) is 4. The van der Waals surface area contributed by atoms with E-state index in [0.717, 1.165) is 5.82 Å². The molecule has 4 heteroatoms. The second-order valence-corrected chi connectivity index (χ2v) is 4.64. The van der Waals surface area contributed by atoms with Crippen molar-refractivity contribution >= 4 is 5.82 Å². The molecule has 4 nitrogen and oxygen atoms in total. The SMILES string of the molecule is CN(c1ccc(C#N)nn1)C1CCCCCC1. The molecular weight excluding hydrogens is 212 g/mol. The fourth-order valence-corrected chi connectivity index (χ4v) is 2.41. The van der Waals surface area contributed by atoms with Crippen LogP contribution in [0.4, 0.5) is 5.82 Å². The summed E-state index contributed by atoms with van der Waals surface area (Å²) in [5.74, 6) is 0.871. The van der Waals surface area contributed by atoms with E-state index >= 15 is 0 Å². The van der Waals surface area contributed by atoms with Crippen molar-refractivity contribution in [2.24, 2.45) is 0 Å². The molecule has 1 aromatic rings. The van der Waals surface area contributed by atoms with Crippen LogP contribution >= 0.6 is 0 Å². The van der Waals surface area contributed by atoms with E-state index in [1.165, 1.54) is 38.5 Å². The predicted molar refractivity (Wildman–Crippen MR) is 66.6 cm³/mol. The lowest BCUT2D eigenvalue weighted by Gasteiger charge is -2.27. The minimum Gasteiger partial charge on any atom is -0.355 e. The monoisotopic (exact) mass is 230 g/mol. The maximum atomic E-state index is 8.69. The van der Waals surface area contributed by atoms with E-state index in [9.17, 15) is 0 Å². The summed E-state index contributed by atoms with van der Waals surface area (Å²) < 4.78 is 0. The van der Waals surface area contributed by atoms with E-state index in [1.54, 1.807) is 6.07 Å². The van der Waals surface area contributed by atoms with Gasteiger partial charge in [0.25, 0.3) is 0 Å². The highest BCUT2D eigenvalue weighted by Crippen LogP contribution is 2.23. The Balaban J connectivity index is 2.06. The first-order valence-electron chi connectivity index (χ1n) is 6.28. The van der Waals surface area contributed by atoms with Crippen LogP contribution < -0.4 is 4.90 Å². The van der Waals surface area contributed by atoms with Crippen LogP contribution in [-0.4, -0.2) is 23.3 Å². The molecule has 0 saturated heterocycles. The summed E-state index contributed by atoms with van der Waals surface area (Å²) >= 11 is 0. The van der Waals surface area contributed by atoms with Gasteiger partial charge in [0.05, 0.1) is 0 Å². The fourth-order valence-electron chi connectivity index (χ4n) is 2.41. The van der Waals surface area contributed by atoms with Gasteiger partial charge in [0, 0.05) is 13.1 Å². The third-order valence-corrected chi connectivity index (χ3v) is 3.50. The molecule has 0 atom stereocenters. The molecule has 1 heterocycles. The maximum Gasteiger partial charge on any atom is 0.163 e. The summed E-state index contributed by atoms with van der Waals surface area (Å²) in [5.41, 5.74) is 0.378. The molecule has 0 amide bonds. The first-order chi connectivity index (χ1) is 8.31. The number of hydrogen-bond donors (Lipinski definition) is 0. The summed E-state index contributed by atoms with van der Waals surface area (Å²) in [4.78, 5) is 2.21. The van der Waals surface area contributed by atoms with E-state index in [-0.39, 0.29) is 0 Å². The van der Waals surface area contributed by atoms with E-state index in [0.29, 0.717) is 11.7 Å². The zero-order valence-corrected chi connectivity index (χ0v) is 10.3. The lowest BCUT2D eigenvalue weighted by atomic mass is 10.1. The topological polar surface area (TPSA) is 52.8 Å². The minimum absolute atomic E-state index is 0.378. The van der Waals surface area contributed by atoms with Crippen molar-refractivity contribution < 1.29 is 0 Å². The van der Waals surface area contributed by atoms with Gasteiger partial charge in [0.15, 0.2) is 11.5 Å². The van der Waals surface area contributed by atoms with Crippen LogP contribution in [0.1, 0.15) is 44.2 Å². The standard InChI is InChI=1S/C13H18N4/c1-17(12-6-4-2-3-5-7-12)13-9-8-11(10-14)15-16-13/h8-9,12H,2-7H2,1H3. The highest BCUT2D eigenvalue weighted by atomic mass is 15.3. The Labute approximate surface area is 102 Å². The Morgan fingerprint density at radius 1 is 1.18 bits per heavy atom. The van der Waals surface area contributed by atoms with Crippen molar-refractivity contribution in [2.45, 2.75) is 44.6 Å². The van der Waals surface area contributed by atoms with Crippen LogP contribution in [0.3, 0.4) is 0 Å². The highest BCUT2D eigenvalue weighted by Gasteiger charge is 2.18. The van der Waals surface area contributed by atoms with Crippen molar-refractivity contribution in [1.82, 2.24) is 10.2 Å². The molecule has 1 aliphatic carbocycles. The largest absolute Gasteiger partial charge is 0.355 e.